The fraction of sp³-hybridized carbons (Fsp3) is 0.357. The van der Waals surface area contributed by atoms with Gasteiger partial charge in [-0.05, 0) is 84.0 Å². The third-order valence-electron chi connectivity index (χ3n) is 7.13. The number of alkyl halides is 1. The van der Waals surface area contributed by atoms with Crippen molar-refractivity contribution in [2.75, 3.05) is 32.9 Å². The molecule has 2 N–H and O–H groups in total. The smallest absolute Gasteiger partial charge is 0.119 e. The van der Waals surface area contributed by atoms with Gasteiger partial charge in [-0.25, -0.2) is 0 Å². The minimum absolute atomic E-state index is 0.168. The van der Waals surface area contributed by atoms with Crippen molar-refractivity contribution in [3.63, 3.8) is 0 Å². The lowest BCUT2D eigenvalue weighted by Crippen LogP contribution is -2.26. The van der Waals surface area contributed by atoms with Crippen molar-refractivity contribution in [2.45, 2.75) is 24.7 Å². The highest BCUT2D eigenvalue weighted by Crippen LogP contribution is 2.48. The zero-order chi connectivity index (χ0) is 22.8. The largest absolute Gasteiger partial charge is 0.508 e. The third-order valence-corrected chi connectivity index (χ3v) is 7.13. The lowest BCUT2D eigenvalue weighted by atomic mass is 9.82. The molecule has 0 bridgehead atoms. The number of rotatable bonds is 7. The Labute approximate surface area is 194 Å². The summed E-state index contributed by atoms with van der Waals surface area (Å²) in [5.74, 6) is 1.97. The van der Waals surface area contributed by atoms with Crippen molar-refractivity contribution < 1.29 is 19.3 Å². The molecular formula is C28H30FNO3. The van der Waals surface area contributed by atoms with Crippen LogP contribution in [0.1, 0.15) is 40.5 Å². The van der Waals surface area contributed by atoms with Gasteiger partial charge in [0.1, 0.15) is 23.9 Å². The van der Waals surface area contributed by atoms with Crippen molar-refractivity contribution in [1.29, 1.82) is 0 Å². The first-order valence-electron chi connectivity index (χ1n) is 11.7. The monoisotopic (exact) mass is 447 g/mol. The SMILES string of the molecule is Oc1ccc([C@H]2Cc3cc(O)ccc3[C@H]2c2ccc(OCCN3CC[C@@H](CF)C3)cc2)cc1. The van der Waals surface area contributed by atoms with Gasteiger partial charge < -0.3 is 14.9 Å². The van der Waals surface area contributed by atoms with Gasteiger partial charge >= 0.3 is 0 Å². The topological polar surface area (TPSA) is 52.9 Å². The lowest BCUT2D eigenvalue weighted by Gasteiger charge is -2.22. The predicted molar refractivity (Wildman–Crippen MR) is 127 cm³/mol. The summed E-state index contributed by atoms with van der Waals surface area (Å²) in [6, 6.07) is 21.4. The van der Waals surface area contributed by atoms with E-state index in [0.717, 1.165) is 43.8 Å². The molecule has 3 aromatic rings. The van der Waals surface area contributed by atoms with Crippen LogP contribution in [-0.2, 0) is 6.42 Å². The van der Waals surface area contributed by atoms with Crippen LogP contribution >= 0.6 is 0 Å². The molecule has 5 heteroatoms. The summed E-state index contributed by atoms with van der Waals surface area (Å²) in [6.45, 7) is 2.97. The fourth-order valence-electron chi connectivity index (χ4n) is 5.39. The summed E-state index contributed by atoms with van der Waals surface area (Å²) in [5.41, 5.74) is 4.77. The maximum atomic E-state index is 12.8. The number of phenolic OH excluding ortho intramolecular Hbond substituents is 2. The molecule has 4 nitrogen and oxygen atoms in total. The zero-order valence-electron chi connectivity index (χ0n) is 18.7. The number of ether oxygens (including phenoxy) is 1. The Kier molecular flexibility index (Phi) is 6.23. The van der Waals surface area contributed by atoms with Crippen molar-refractivity contribution in [3.05, 3.63) is 89.0 Å². The number of halogens is 1. The molecular weight excluding hydrogens is 417 g/mol. The van der Waals surface area contributed by atoms with E-state index in [4.69, 9.17) is 4.74 Å². The third kappa shape index (κ3) is 4.69. The fourth-order valence-corrected chi connectivity index (χ4v) is 5.39. The molecule has 1 aliphatic carbocycles. The Balaban J connectivity index is 1.31. The van der Waals surface area contributed by atoms with Crippen LogP contribution in [0, 0.1) is 5.92 Å². The maximum absolute atomic E-state index is 12.8. The van der Waals surface area contributed by atoms with E-state index >= 15 is 0 Å². The first kappa shape index (κ1) is 21.8. The van der Waals surface area contributed by atoms with Crippen LogP contribution in [0.5, 0.6) is 17.2 Å². The summed E-state index contributed by atoms with van der Waals surface area (Å²) in [6.07, 6.45) is 1.78. The Morgan fingerprint density at radius 1 is 0.909 bits per heavy atom. The van der Waals surface area contributed by atoms with Gasteiger partial charge in [0.05, 0.1) is 6.67 Å². The maximum Gasteiger partial charge on any atom is 0.119 e. The van der Waals surface area contributed by atoms with Gasteiger partial charge in [-0.1, -0.05) is 30.3 Å². The van der Waals surface area contributed by atoms with Crippen LogP contribution in [-0.4, -0.2) is 48.0 Å². The van der Waals surface area contributed by atoms with Crippen molar-refractivity contribution in [3.8, 4) is 17.2 Å². The molecule has 5 rings (SSSR count). The Morgan fingerprint density at radius 3 is 2.36 bits per heavy atom. The minimum atomic E-state index is -0.228. The van der Waals surface area contributed by atoms with Crippen LogP contribution in [0.2, 0.25) is 0 Å². The molecule has 2 aliphatic rings. The number of phenols is 2. The Bertz CT molecular complexity index is 1080. The minimum Gasteiger partial charge on any atom is -0.508 e. The molecule has 1 saturated heterocycles. The number of nitrogens with zero attached hydrogens (tertiary/aromatic N) is 1. The van der Waals surface area contributed by atoms with Gasteiger partial charge in [-0.3, -0.25) is 9.29 Å². The van der Waals surface area contributed by atoms with Crippen LogP contribution < -0.4 is 4.74 Å². The molecule has 0 aromatic heterocycles. The highest BCUT2D eigenvalue weighted by Gasteiger charge is 2.35. The van der Waals surface area contributed by atoms with Gasteiger partial charge in [0, 0.05) is 24.9 Å². The molecule has 1 aliphatic heterocycles. The van der Waals surface area contributed by atoms with Gasteiger partial charge in [0.2, 0.25) is 0 Å². The number of hydrogen-bond acceptors (Lipinski definition) is 4. The van der Waals surface area contributed by atoms with E-state index in [1.165, 1.54) is 16.7 Å². The molecule has 1 heterocycles. The van der Waals surface area contributed by atoms with Crippen molar-refractivity contribution in [1.82, 2.24) is 4.90 Å². The molecule has 172 valence electrons. The van der Waals surface area contributed by atoms with E-state index in [1.807, 2.05) is 36.4 Å². The number of fused-ring (bicyclic) bond motifs is 1. The van der Waals surface area contributed by atoms with E-state index in [9.17, 15) is 14.6 Å². The average molecular weight is 448 g/mol. The van der Waals surface area contributed by atoms with Crippen molar-refractivity contribution >= 4 is 0 Å². The van der Waals surface area contributed by atoms with Gasteiger partial charge in [0.25, 0.3) is 0 Å². The first-order chi connectivity index (χ1) is 16.1. The van der Waals surface area contributed by atoms with E-state index in [1.54, 1.807) is 18.2 Å². The van der Waals surface area contributed by atoms with Gasteiger partial charge in [0.15, 0.2) is 0 Å². The molecule has 0 spiro atoms. The highest BCUT2D eigenvalue weighted by atomic mass is 19.1. The normalized spacial score (nSPS) is 22.4. The number of likely N-dealkylation sites (tertiary alicyclic amines) is 1. The number of hydrogen-bond donors (Lipinski definition) is 2. The summed E-state index contributed by atoms with van der Waals surface area (Å²) >= 11 is 0. The lowest BCUT2D eigenvalue weighted by molar-refractivity contribution is 0.228. The van der Waals surface area contributed by atoms with Gasteiger partial charge in [-0.2, -0.15) is 0 Å². The van der Waals surface area contributed by atoms with Crippen molar-refractivity contribution in [2.24, 2.45) is 5.92 Å². The van der Waals surface area contributed by atoms with E-state index in [-0.39, 0.29) is 30.2 Å². The van der Waals surface area contributed by atoms with Gasteiger partial charge in [-0.15, -0.1) is 0 Å². The molecule has 33 heavy (non-hydrogen) atoms. The number of benzene rings is 3. The van der Waals surface area contributed by atoms with Crippen LogP contribution in [0.4, 0.5) is 4.39 Å². The second-order valence-corrected chi connectivity index (χ2v) is 9.29. The first-order valence-corrected chi connectivity index (χ1v) is 11.7. The van der Waals surface area contributed by atoms with E-state index in [0.29, 0.717) is 12.4 Å². The second-order valence-electron chi connectivity index (χ2n) is 9.29. The van der Waals surface area contributed by atoms with Crippen LogP contribution in [0.25, 0.3) is 0 Å². The highest BCUT2D eigenvalue weighted by molar-refractivity contribution is 5.51. The quantitative estimate of drug-likeness (QED) is 0.520. The summed E-state index contributed by atoms with van der Waals surface area (Å²) in [5, 5.41) is 19.7. The summed E-state index contributed by atoms with van der Waals surface area (Å²) in [4.78, 5) is 2.27. The number of aromatic hydroxyl groups is 2. The van der Waals surface area contributed by atoms with Crippen LogP contribution in [0.3, 0.4) is 0 Å². The van der Waals surface area contributed by atoms with E-state index in [2.05, 4.69) is 17.0 Å². The summed E-state index contributed by atoms with van der Waals surface area (Å²) < 4.78 is 18.8. The molecule has 0 amide bonds. The standard InChI is InChI=1S/C28H30FNO3/c29-17-19-11-12-30(18-19)13-14-33-25-8-3-21(4-9-25)28-26-10-7-24(32)15-22(26)16-27(28)20-1-5-23(31)6-2-20/h1-10,15,19,27-28,31-32H,11-14,16-18H2/t19-,27+,28+/m0/s1. The molecule has 3 atom stereocenters. The Morgan fingerprint density at radius 2 is 1.64 bits per heavy atom. The second kappa shape index (κ2) is 9.44. The molecule has 0 saturated carbocycles. The molecule has 0 radical (unpaired) electrons. The molecule has 1 fully saturated rings. The zero-order valence-corrected chi connectivity index (χ0v) is 18.7. The molecule has 0 unspecified atom stereocenters. The average Bonchev–Trinajstić information content (AvgIpc) is 3.44. The van der Waals surface area contributed by atoms with Crippen LogP contribution in [0.15, 0.2) is 66.7 Å². The predicted octanol–water partition coefficient (Wildman–Crippen LogP) is 5.24. The molecule has 3 aromatic carbocycles. The van der Waals surface area contributed by atoms with E-state index < -0.39 is 0 Å². The summed E-state index contributed by atoms with van der Waals surface area (Å²) in [7, 11) is 0. The Hall–Kier alpha value is -3.05.